The normalized spacial score (nSPS) is 10.5. The van der Waals surface area contributed by atoms with E-state index in [9.17, 15) is 19.2 Å². The Labute approximate surface area is 161 Å². The van der Waals surface area contributed by atoms with Gasteiger partial charge >= 0.3 is 11.7 Å². The molecule has 28 heavy (non-hydrogen) atoms. The van der Waals surface area contributed by atoms with Crippen molar-refractivity contribution < 1.29 is 19.1 Å². The predicted molar refractivity (Wildman–Crippen MR) is 103 cm³/mol. The molecule has 0 amide bonds. The quantitative estimate of drug-likeness (QED) is 0.507. The second-order valence-electron chi connectivity index (χ2n) is 6.37. The highest BCUT2D eigenvalue weighted by molar-refractivity contribution is 6.01. The number of hydrogen-bond acceptors (Lipinski definition) is 7. The number of nitrogens with two attached hydrogens (primary N) is 1. The van der Waals surface area contributed by atoms with Crippen molar-refractivity contribution in [1.82, 2.24) is 9.55 Å². The zero-order valence-electron chi connectivity index (χ0n) is 16.0. The Kier molecular flexibility index (Phi) is 6.75. The first-order valence-corrected chi connectivity index (χ1v) is 8.75. The number of esters is 1. The molecular formula is C19H23N3O6. The topological polar surface area (TPSA) is 133 Å². The lowest BCUT2D eigenvalue weighted by atomic mass is 10.1. The van der Waals surface area contributed by atoms with E-state index >= 15 is 0 Å². The summed E-state index contributed by atoms with van der Waals surface area (Å²) in [5, 5.41) is 0. The number of Topliss-reactive ketones (excluding diaryl/α,β-unsaturated/α-hetero) is 1. The number of ether oxygens (including phenoxy) is 2. The minimum Gasteiger partial charge on any atom is -0.482 e. The van der Waals surface area contributed by atoms with Gasteiger partial charge in [-0.1, -0.05) is 13.0 Å². The summed E-state index contributed by atoms with van der Waals surface area (Å²) >= 11 is 0. The molecule has 0 aliphatic carbocycles. The molecule has 3 N–H and O–H groups in total. The van der Waals surface area contributed by atoms with Gasteiger partial charge in [0.15, 0.2) is 13.2 Å². The first-order valence-electron chi connectivity index (χ1n) is 8.75. The molecule has 2 aromatic rings. The van der Waals surface area contributed by atoms with Crippen LogP contribution >= 0.6 is 0 Å². The summed E-state index contributed by atoms with van der Waals surface area (Å²) in [5.74, 6) is -1.32. The van der Waals surface area contributed by atoms with E-state index in [1.165, 1.54) is 0 Å². The summed E-state index contributed by atoms with van der Waals surface area (Å²) in [5.41, 5.74) is 5.75. The molecule has 0 saturated carbocycles. The fourth-order valence-corrected chi connectivity index (χ4v) is 2.72. The molecule has 0 unspecified atom stereocenters. The Morgan fingerprint density at radius 3 is 2.36 bits per heavy atom. The van der Waals surface area contributed by atoms with Crippen LogP contribution in [0.1, 0.15) is 34.8 Å². The molecule has 0 saturated heterocycles. The third kappa shape index (κ3) is 5.09. The van der Waals surface area contributed by atoms with Gasteiger partial charge in [0.05, 0.1) is 0 Å². The highest BCUT2D eigenvalue weighted by atomic mass is 16.6. The Morgan fingerprint density at radius 2 is 1.75 bits per heavy atom. The number of rotatable bonds is 8. The Morgan fingerprint density at radius 1 is 1.11 bits per heavy atom. The van der Waals surface area contributed by atoms with Gasteiger partial charge in [-0.3, -0.25) is 19.1 Å². The Hall–Kier alpha value is -3.36. The third-order valence-corrected chi connectivity index (χ3v) is 3.88. The van der Waals surface area contributed by atoms with Crippen molar-refractivity contribution in [2.45, 2.75) is 33.7 Å². The van der Waals surface area contributed by atoms with E-state index < -0.39 is 41.8 Å². The van der Waals surface area contributed by atoms with Crippen LogP contribution in [-0.2, 0) is 16.1 Å². The molecule has 2 rings (SSSR count). The van der Waals surface area contributed by atoms with Crippen molar-refractivity contribution >= 4 is 17.6 Å². The summed E-state index contributed by atoms with van der Waals surface area (Å²) in [4.78, 5) is 49.9. The molecule has 0 spiro atoms. The van der Waals surface area contributed by atoms with Crippen LogP contribution in [0.4, 0.5) is 5.82 Å². The highest BCUT2D eigenvalue weighted by Crippen LogP contribution is 2.16. The second kappa shape index (κ2) is 9.03. The van der Waals surface area contributed by atoms with Gasteiger partial charge < -0.3 is 15.2 Å². The van der Waals surface area contributed by atoms with Crippen LogP contribution < -0.4 is 21.7 Å². The SMILES string of the molecule is CCCn1c(N)c(C(=O)COC(=O)COc2cc(C)cc(C)c2)c(=O)[nH]c1=O. The zero-order valence-corrected chi connectivity index (χ0v) is 16.0. The van der Waals surface area contributed by atoms with Gasteiger partial charge in [-0.2, -0.15) is 0 Å². The van der Waals surface area contributed by atoms with Crippen LogP contribution in [0.15, 0.2) is 27.8 Å². The number of aryl methyl sites for hydroxylation is 2. The molecular weight excluding hydrogens is 366 g/mol. The summed E-state index contributed by atoms with van der Waals surface area (Å²) in [6.45, 7) is 4.78. The molecule has 1 aromatic heterocycles. The van der Waals surface area contributed by atoms with E-state index in [1.807, 2.05) is 31.8 Å². The van der Waals surface area contributed by atoms with Crippen LogP contribution in [0.5, 0.6) is 5.75 Å². The van der Waals surface area contributed by atoms with E-state index in [2.05, 4.69) is 0 Å². The van der Waals surface area contributed by atoms with Gasteiger partial charge in [-0.15, -0.1) is 0 Å². The second-order valence-corrected chi connectivity index (χ2v) is 6.37. The minimum absolute atomic E-state index is 0.241. The molecule has 1 heterocycles. The van der Waals surface area contributed by atoms with Gasteiger partial charge in [0.1, 0.15) is 17.1 Å². The van der Waals surface area contributed by atoms with Crippen LogP contribution in [0.2, 0.25) is 0 Å². The maximum Gasteiger partial charge on any atom is 0.344 e. The maximum atomic E-state index is 12.3. The molecule has 0 bridgehead atoms. The third-order valence-electron chi connectivity index (χ3n) is 3.88. The maximum absolute atomic E-state index is 12.3. The van der Waals surface area contributed by atoms with Gasteiger partial charge in [0.25, 0.3) is 5.56 Å². The van der Waals surface area contributed by atoms with Crippen molar-refractivity contribution in [2.75, 3.05) is 18.9 Å². The lowest BCUT2D eigenvalue weighted by Crippen LogP contribution is -2.37. The zero-order chi connectivity index (χ0) is 20.8. The largest absolute Gasteiger partial charge is 0.482 e. The number of aromatic amines is 1. The number of aromatic nitrogens is 2. The Balaban J connectivity index is 2.02. The molecule has 0 radical (unpaired) electrons. The van der Waals surface area contributed by atoms with E-state index in [4.69, 9.17) is 15.2 Å². The van der Waals surface area contributed by atoms with E-state index in [1.54, 1.807) is 12.1 Å². The first kappa shape index (κ1) is 20.9. The summed E-state index contributed by atoms with van der Waals surface area (Å²) in [6, 6.07) is 5.50. The number of anilines is 1. The van der Waals surface area contributed by atoms with Crippen molar-refractivity contribution in [3.63, 3.8) is 0 Å². The average molecular weight is 389 g/mol. The van der Waals surface area contributed by atoms with Crippen molar-refractivity contribution in [1.29, 1.82) is 0 Å². The fourth-order valence-electron chi connectivity index (χ4n) is 2.72. The average Bonchev–Trinajstić information content (AvgIpc) is 2.60. The fraction of sp³-hybridized carbons (Fsp3) is 0.368. The van der Waals surface area contributed by atoms with Gasteiger partial charge in [0, 0.05) is 6.54 Å². The van der Waals surface area contributed by atoms with E-state index in [0.717, 1.165) is 15.7 Å². The molecule has 0 aliphatic rings. The molecule has 0 atom stereocenters. The first-order chi connectivity index (χ1) is 13.2. The predicted octanol–water partition coefficient (Wildman–Crippen LogP) is 0.951. The van der Waals surface area contributed by atoms with E-state index in [-0.39, 0.29) is 12.4 Å². The smallest absolute Gasteiger partial charge is 0.344 e. The minimum atomic E-state index is -0.914. The highest BCUT2D eigenvalue weighted by Gasteiger charge is 2.20. The molecule has 0 aliphatic heterocycles. The van der Waals surface area contributed by atoms with Gasteiger partial charge in [0.2, 0.25) is 5.78 Å². The van der Waals surface area contributed by atoms with E-state index in [0.29, 0.717) is 12.2 Å². The van der Waals surface area contributed by atoms with Crippen LogP contribution in [0.25, 0.3) is 0 Å². The summed E-state index contributed by atoms with van der Waals surface area (Å²) in [6.07, 6.45) is 0.578. The number of ketones is 1. The number of nitrogens with one attached hydrogen (secondary N) is 1. The molecule has 9 heteroatoms. The number of benzene rings is 1. The number of nitrogen functional groups attached to an aromatic ring is 1. The molecule has 9 nitrogen and oxygen atoms in total. The monoisotopic (exact) mass is 389 g/mol. The summed E-state index contributed by atoms with van der Waals surface area (Å²) < 4.78 is 11.3. The van der Waals surface area contributed by atoms with Crippen LogP contribution in [0.3, 0.4) is 0 Å². The lowest BCUT2D eigenvalue weighted by molar-refractivity contribution is -0.144. The Bertz CT molecular complexity index is 985. The lowest BCUT2D eigenvalue weighted by Gasteiger charge is -2.11. The van der Waals surface area contributed by atoms with Crippen molar-refractivity contribution in [2.24, 2.45) is 0 Å². The molecule has 0 fully saturated rings. The van der Waals surface area contributed by atoms with Crippen molar-refractivity contribution in [3.05, 3.63) is 55.7 Å². The number of nitrogens with zero attached hydrogens (tertiary/aromatic N) is 1. The number of carbonyl (C=O) groups is 2. The number of carbonyl (C=O) groups excluding carboxylic acids is 2. The van der Waals surface area contributed by atoms with Gasteiger partial charge in [-0.05, 0) is 43.5 Å². The molecule has 1 aromatic carbocycles. The summed E-state index contributed by atoms with van der Waals surface area (Å²) in [7, 11) is 0. The standard InChI is InChI=1S/C19H23N3O6/c1-4-5-22-17(20)16(18(25)21-19(22)26)14(23)9-28-15(24)10-27-13-7-11(2)6-12(3)8-13/h6-8H,4-5,9-10,20H2,1-3H3,(H,21,25,26). The van der Waals surface area contributed by atoms with Crippen LogP contribution in [-0.4, -0.2) is 34.5 Å². The molecule has 150 valence electrons. The van der Waals surface area contributed by atoms with Crippen molar-refractivity contribution in [3.8, 4) is 5.75 Å². The number of hydrogen-bond donors (Lipinski definition) is 2. The van der Waals surface area contributed by atoms with Crippen LogP contribution in [0, 0.1) is 13.8 Å². The number of H-pyrrole nitrogens is 1. The van der Waals surface area contributed by atoms with Gasteiger partial charge in [-0.25, -0.2) is 9.59 Å².